The lowest BCUT2D eigenvalue weighted by Gasteiger charge is -2.20. The first-order valence-corrected chi connectivity index (χ1v) is 7.11. The van der Waals surface area contributed by atoms with Gasteiger partial charge in [-0.05, 0) is 34.8 Å². The van der Waals surface area contributed by atoms with Crippen molar-refractivity contribution in [2.45, 2.75) is 32.1 Å². The number of hydrogen-bond acceptors (Lipinski definition) is 4. The van der Waals surface area contributed by atoms with Gasteiger partial charge in [0.05, 0.1) is 21.8 Å². The highest BCUT2D eigenvalue weighted by Gasteiger charge is 2.53. The summed E-state index contributed by atoms with van der Waals surface area (Å²) in [4.78, 5) is 30.1. The van der Waals surface area contributed by atoms with E-state index in [4.69, 9.17) is 5.73 Å². The third-order valence-corrected chi connectivity index (χ3v) is 4.59. The molecule has 2 amide bonds. The zero-order valence-corrected chi connectivity index (χ0v) is 11.9. The van der Waals surface area contributed by atoms with E-state index in [1.165, 1.54) is 11.1 Å². The Morgan fingerprint density at radius 3 is 2.63 bits per heavy atom. The molecule has 2 heterocycles. The Bertz CT molecular complexity index is 567. The van der Waals surface area contributed by atoms with Gasteiger partial charge in [0.25, 0.3) is 0 Å². The maximum atomic E-state index is 12.6. The molecule has 100 valence electrons. The van der Waals surface area contributed by atoms with Crippen LogP contribution in [0, 0.1) is 5.41 Å². The second-order valence-corrected chi connectivity index (χ2v) is 6.13. The molecule has 19 heavy (non-hydrogen) atoms. The number of hydrogen-bond donors (Lipinski definition) is 1. The fourth-order valence-electron chi connectivity index (χ4n) is 3.06. The monoisotopic (exact) mass is 323 g/mol. The van der Waals surface area contributed by atoms with Crippen LogP contribution in [0.5, 0.6) is 0 Å². The minimum atomic E-state index is -0.473. The van der Waals surface area contributed by atoms with Gasteiger partial charge < -0.3 is 5.73 Å². The first-order valence-electron chi connectivity index (χ1n) is 6.32. The molecule has 0 bridgehead atoms. The number of imide groups is 1. The highest BCUT2D eigenvalue weighted by atomic mass is 79.9. The molecular weight excluding hydrogens is 310 g/mol. The number of anilines is 2. The van der Waals surface area contributed by atoms with Crippen LogP contribution in [-0.2, 0) is 9.59 Å². The van der Waals surface area contributed by atoms with Crippen LogP contribution in [0.4, 0.5) is 11.5 Å². The van der Waals surface area contributed by atoms with Crippen LogP contribution in [0.15, 0.2) is 16.7 Å². The molecule has 1 aliphatic heterocycles. The van der Waals surface area contributed by atoms with Crippen LogP contribution in [-0.4, -0.2) is 16.8 Å². The molecule has 2 fully saturated rings. The van der Waals surface area contributed by atoms with E-state index in [1.807, 2.05) is 0 Å². The van der Waals surface area contributed by atoms with Gasteiger partial charge in [0, 0.05) is 6.42 Å². The second-order valence-electron chi connectivity index (χ2n) is 5.27. The van der Waals surface area contributed by atoms with E-state index in [-0.39, 0.29) is 11.8 Å². The van der Waals surface area contributed by atoms with Gasteiger partial charge in [0.1, 0.15) is 0 Å². The predicted octanol–water partition coefficient (Wildman–Crippen LogP) is 2.25. The smallest absolute Gasteiger partial charge is 0.241 e. The Morgan fingerprint density at radius 2 is 2.00 bits per heavy atom. The normalized spacial score (nSPS) is 21.6. The Morgan fingerprint density at radius 1 is 1.32 bits per heavy atom. The molecule has 1 aromatic heterocycles. The number of rotatable bonds is 1. The number of pyridine rings is 1. The van der Waals surface area contributed by atoms with Gasteiger partial charge in [-0.1, -0.05) is 12.8 Å². The average molecular weight is 324 g/mol. The molecule has 2 N–H and O–H groups in total. The largest absolute Gasteiger partial charge is 0.397 e. The average Bonchev–Trinajstić information content (AvgIpc) is 2.89. The van der Waals surface area contributed by atoms with E-state index < -0.39 is 5.41 Å². The zero-order chi connectivity index (χ0) is 13.6. The minimum absolute atomic E-state index is 0.104. The Labute approximate surface area is 119 Å². The van der Waals surface area contributed by atoms with Crippen molar-refractivity contribution >= 4 is 39.2 Å². The van der Waals surface area contributed by atoms with Crippen LogP contribution in [0.2, 0.25) is 0 Å². The lowest BCUT2D eigenvalue weighted by Crippen LogP contribution is -2.35. The van der Waals surface area contributed by atoms with Crippen LogP contribution in [0.3, 0.4) is 0 Å². The summed E-state index contributed by atoms with van der Waals surface area (Å²) in [7, 11) is 0. The Kier molecular flexibility index (Phi) is 2.85. The number of aromatic nitrogens is 1. The SMILES string of the molecule is Nc1cnc(N2C(=O)CC3(CCCC3)C2=O)c(Br)c1. The van der Waals surface area contributed by atoms with Crippen molar-refractivity contribution < 1.29 is 9.59 Å². The fourth-order valence-corrected chi connectivity index (χ4v) is 3.61. The summed E-state index contributed by atoms with van der Waals surface area (Å²) in [6.07, 6.45) is 5.42. The summed E-state index contributed by atoms with van der Waals surface area (Å²) in [5, 5.41) is 0. The molecule has 0 aromatic carbocycles. The summed E-state index contributed by atoms with van der Waals surface area (Å²) < 4.78 is 0.573. The third-order valence-electron chi connectivity index (χ3n) is 4.01. The van der Waals surface area contributed by atoms with Crippen molar-refractivity contribution in [3.63, 3.8) is 0 Å². The Hall–Kier alpha value is -1.43. The lowest BCUT2D eigenvalue weighted by atomic mass is 9.84. The fraction of sp³-hybridized carbons (Fsp3) is 0.462. The van der Waals surface area contributed by atoms with Crippen molar-refractivity contribution in [1.29, 1.82) is 0 Å². The highest BCUT2D eigenvalue weighted by Crippen LogP contribution is 2.48. The topological polar surface area (TPSA) is 76.3 Å². The maximum Gasteiger partial charge on any atom is 0.241 e. The van der Waals surface area contributed by atoms with E-state index >= 15 is 0 Å². The summed E-state index contributed by atoms with van der Waals surface area (Å²) in [6.45, 7) is 0. The third kappa shape index (κ3) is 1.85. The summed E-state index contributed by atoms with van der Waals surface area (Å²) in [5.74, 6) is 0.0887. The van der Waals surface area contributed by atoms with E-state index in [9.17, 15) is 9.59 Å². The standard InChI is InChI=1S/C13H14BrN3O2/c14-9-5-8(15)7-16-11(9)17-10(18)6-13(12(17)19)3-1-2-4-13/h5,7H,1-4,6,15H2. The first-order chi connectivity index (χ1) is 9.03. The predicted molar refractivity (Wildman–Crippen MR) is 74.4 cm³/mol. The highest BCUT2D eigenvalue weighted by molar-refractivity contribution is 9.10. The molecule has 0 atom stereocenters. The Balaban J connectivity index is 2.01. The van der Waals surface area contributed by atoms with Crippen molar-refractivity contribution in [2.75, 3.05) is 10.6 Å². The van der Waals surface area contributed by atoms with Crippen molar-refractivity contribution in [3.05, 3.63) is 16.7 Å². The van der Waals surface area contributed by atoms with Gasteiger partial charge in [-0.15, -0.1) is 0 Å². The number of nitrogens with two attached hydrogens (primary N) is 1. The van der Waals surface area contributed by atoms with Gasteiger partial charge in [-0.3, -0.25) is 9.59 Å². The first kappa shape index (κ1) is 12.6. The molecule has 2 aliphatic rings. The van der Waals surface area contributed by atoms with Gasteiger partial charge in [-0.25, -0.2) is 9.88 Å². The summed E-state index contributed by atoms with van der Waals surface area (Å²) >= 11 is 3.32. The summed E-state index contributed by atoms with van der Waals surface area (Å²) in [6, 6.07) is 1.66. The van der Waals surface area contributed by atoms with Gasteiger partial charge in [0.2, 0.25) is 11.8 Å². The molecule has 1 saturated heterocycles. The van der Waals surface area contributed by atoms with Crippen molar-refractivity contribution in [2.24, 2.45) is 5.41 Å². The van der Waals surface area contributed by atoms with Crippen LogP contribution >= 0.6 is 15.9 Å². The van der Waals surface area contributed by atoms with Gasteiger partial charge >= 0.3 is 0 Å². The molecule has 1 spiro atoms. The zero-order valence-electron chi connectivity index (χ0n) is 10.4. The number of nitrogen functional groups attached to an aromatic ring is 1. The molecule has 5 nitrogen and oxygen atoms in total. The second kappa shape index (κ2) is 4.30. The molecule has 1 aromatic rings. The van der Waals surface area contributed by atoms with E-state index in [0.29, 0.717) is 22.4 Å². The van der Waals surface area contributed by atoms with Crippen LogP contribution in [0.25, 0.3) is 0 Å². The molecule has 0 unspecified atom stereocenters. The van der Waals surface area contributed by atoms with Gasteiger partial charge in [0.15, 0.2) is 5.82 Å². The number of carbonyl (C=O) groups is 2. The molecule has 0 radical (unpaired) electrons. The molecule has 1 aliphatic carbocycles. The molecular formula is C13H14BrN3O2. The maximum absolute atomic E-state index is 12.6. The quantitative estimate of drug-likeness (QED) is 0.804. The number of halogens is 1. The van der Waals surface area contributed by atoms with Crippen molar-refractivity contribution in [3.8, 4) is 0 Å². The minimum Gasteiger partial charge on any atom is -0.397 e. The number of carbonyl (C=O) groups excluding carboxylic acids is 2. The lowest BCUT2D eigenvalue weighted by molar-refractivity contribution is -0.125. The van der Waals surface area contributed by atoms with E-state index in [2.05, 4.69) is 20.9 Å². The van der Waals surface area contributed by atoms with Gasteiger partial charge in [-0.2, -0.15) is 0 Å². The summed E-state index contributed by atoms with van der Waals surface area (Å²) in [5.41, 5.74) is 5.65. The van der Waals surface area contributed by atoms with E-state index in [0.717, 1.165) is 25.7 Å². The molecule has 1 saturated carbocycles. The van der Waals surface area contributed by atoms with Crippen molar-refractivity contribution in [1.82, 2.24) is 4.98 Å². The number of amides is 2. The van der Waals surface area contributed by atoms with Crippen LogP contribution in [0.1, 0.15) is 32.1 Å². The molecule has 6 heteroatoms. The van der Waals surface area contributed by atoms with E-state index in [1.54, 1.807) is 6.07 Å². The number of nitrogens with zero attached hydrogens (tertiary/aromatic N) is 2. The van der Waals surface area contributed by atoms with Crippen LogP contribution < -0.4 is 10.6 Å². The molecule has 3 rings (SSSR count).